The van der Waals surface area contributed by atoms with Crippen LogP contribution in [0.2, 0.25) is 0 Å². The van der Waals surface area contributed by atoms with Crippen LogP contribution >= 0.6 is 0 Å². The first kappa shape index (κ1) is 16.9. The highest BCUT2D eigenvalue weighted by molar-refractivity contribution is 7.89. The van der Waals surface area contributed by atoms with Crippen molar-refractivity contribution in [2.75, 3.05) is 6.54 Å². The fraction of sp³-hybridized carbons (Fsp3) is 0.278. The van der Waals surface area contributed by atoms with Gasteiger partial charge in [0, 0.05) is 37.0 Å². The van der Waals surface area contributed by atoms with Gasteiger partial charge in [-0.1, -0.05) is 23.4 Å². The third-order valence-corrected chi connectivity index (χ3v) is 6.41. The summed E-state index contributed by atoms with van der Waals surface area (Å²) < 4.78 is 32.6. The van der Waals surface area contributed by atoms with Crippen molar-refractivity contribution in [3.8, 4) is 11.5 Å². The minimum Gasteiger partial charge on any atom is -0.334 e. The van der Waals surface area contributed by atoms with E-state index in [4.69, 9.17) is 4.52 Å². The number of aromatic nitrogens is 3. The second-order valence-corrected chi connectivity index (χ2v) is 8.08. The molecule has 3 heterocycles. The predicted octanol–water partition coefficient (Wildman–Crippen LogP) is 2.53. The van der Waals surface area contributed by atoms with Crippen LogP contribution in [0.25, 0.3) is 11.5 Å². The van der Waals surface area contributed by atoms with Gasteiger partial charge in [-0.25, -0.2) is 8.42 Å². The summed E-state index contributed by atoms with van der Waals surface area (Å²) in [7, 11) is -3.57. The molecule has 3 aromatic rings. The van der Waals surface area contributed by atoms with Crippen LogP contribution in [0.4, 0.5) is 0 Å². The summed E-state index contributed by atoms with van der Waals surface area (Å²) in [6.45, 7) is 0.491. The monoisotopic (exact) mass is 370 g/mol. The van der Waals surface area contributed by atoms with Crippen molar-refractivity contribution in [2.45, 2.75) is 30.2 Å². The first-order valence-electron chi connectivity index (χ1n) is 8.44. The van der Waals surface area contributed by atoms with E-state index in [1.165, 1.54) is 10.5 Å². The fourth-order valence-electron chi connectivity index (χ4n) is 3.21. The Morgan fingerprint density at radius 1 is 1.15 bits per heavy atom. The minimum atomic E-state index is -3.57. The quantitative estimate of drug-likeness (QED) is 0.686. The van der Waals surface area contributed by atoms with Crippen LogP contribution < -0.4 is 0 Å². The zero-order valence-electron chi connectivity index (χ0n) is 14.0. The van der Waals surface area contributed by atoms with E-state index >= 15 is 0 Å². The zero-order valence-corrected chi connectivity index (χ0v) is 14.8. The number of rotatable bonds is 5. The molecular weight excluding hydrogens is 352 g/mol. The van der Waals surface area contributed by atoms with Crippen molar-refractivity contribution in [3.63, 3.8) is 0 Å². The van der Waals surface area contributed by atoms with Crippen LogP contribution in [-0.2, 0) is 16.4 Å². The smallest absolute Gasteiger partial charge is 0.257 e. The second-order valence-electron chi connectivity index (χ2n) is 6.19. The first-order chi connectivity index (χ1) is 12.6. The van der Waals surface area contributed by atoms with E-state index in [0.29, 0.717) is 24.7 Å². The molecule has 7 nitrogen and oxygen atoms in total. The zero-order chi connectivity index (χ0) is 18.0. The van der Waals surface area contributed by atoms with E-state index in [1.807, 2.05) is 30.3 Å². The van der Waals surface area contributed by atoms with Gasteiger partial charge >= 0.3 is 0 Å². The van der Waals surface area contributed by atoms with Crippen molar-refractivity contribution < 1.29 is 12.9 Å². The summed E-state index contributed by atoms with van der Waals surface area (Å²) in [5.41, 5.74) is 0.845. The van der Waals surface area contributed by atoms with Gasteiger partial charge in [-0.2, -0.15) is 9.29 Å². The van der Waals surface area contributed by atoms with Crippen LogP contribution in [-0.4, -0.2) is 40.4 Å². The first-order valence-corrected chi connectivity index (χ1v) is 9.88. The van der Waals surface area contributed by atoms with E-state index in [-0.39, 0.29) is 10.9 Å². The average Bonchev–Trinajstić information content (AvgIpc) is 3.33. The molecule has 0 aliphatic carbocycles. The van der Waals surface area contributed by atoms with Gasteiger partial charge in [-0.05, 0) is 37.1 Å². The lowest BCUT2D eigenvalue weighted by atomic mass is 10.1. The molecule has 134 valence electrons. The molecule has 1 aromatic carbocycles. The summed E-state index contributed by atoms with van der Waals surface area (Å²) in [5.74, 6) is 0.961. The fourth-order valence-corrected chi connectivity index (χ4v) is 4.87. The summed E-state index contributed by atoms with van der Waals surface area (Å²) in [4.78, 5) is 8.56. The van der Waals surface area contributed by atoms with Crippen molar-refractivity contribution in [1.82, 2.24) is 19.4 Å². The van der Waals surface area contributed by atoms with Crippen molar-refractivity contribution in [2.24, 2.45) is 0 Å². The maximum Gasteiger partial charge on any atom is 0.257 e. The summed E-state index contributed by atoms with van der Waals surface area (Å²) in [6, 6.07) is 12.5. The second kappa shape index (κ2) is 6.97. The Hall–Kier alpha value is -2.58. The standard InChI is InChI=1S/C18H18N4O3S/c23-26(24,16-9-4-10-19-13-16)22-11-5-8-15(22)12-17-20-18(25-21-17)14-6-2-1-3-7-14/h1-4,6-7,9-10,13,15H,5,8,11-12H2/t15-/m1/s1. The number of hydrogen-bond acceptors (Lipinski definition) is 6. The molecule has 1 fully saturated rings. The Kier molecular flexibility index (Phi) is 4.52. The Morgan fingerprint density at radius 2 is 2.00 bits per heavy atom. The molecule has 0 amide bonds. The van der Waals surface area contributed by atoms with Crippen LogP contribution in [0.3, 0.4) is 0 Å². The molecule has 0 spiro atoms. The van der Waals surface area contributed by atoms with E-state index in [1.54, 1.807) is 18.3 Å². The summed E-state index contributed by atoms with van der Waals surface area (Å²) in [5, 5.41) is 4.03. The molecule has 1 atom stereocenters. The third kappa shape index (κ3) is 3.25. The highest BCUT2D eigenvalue weighted by Crippen LogP contribution is 2.28. The molecule has 0 saturated carbocycles. The maximum absolute atomic E-state index is 12.9. The lowest BCUT2D eigenvalue weighted by Gasteiger charge is -2.22. The third-order valence-electron chi connectivity index (χ3n) is 4.47. The summed E-state index contributed by atoms with van der Waals surface area (Å²) >= 11 is 0. The highest BCUT2D eigenvalue weighted by Gasteiger charge is 2.36. The summed E-state index contributed by atoms with van der Waals surface area (Å²) in [6.07, 6.45) is 4.95. The number of pyridine rings is 1. The van der Waals surface area contributed by atoms with E-state index < -0.39 is 10.0 Å². The van der Waals surface area contributed by atoms with Gasteiger partial charge in [0.05, 0.1) is 0 Å². The lowest BCUT2D eigenvalue weighted by molar-refractivity contribution is 0.370. The van der Waals surface area contributed by atoms with E-state index in [9.17, 15) is 8.42 Å². The topological polar surface area (TPSA) is 89.2 Å². The van der Waals surface area contributed by atoms with Gasteiger partial charge in [0.1, 0.15) is 4.90 Å². The molecule has 0 radical (unpaired) electrons. The van der Waals surface area contributed by atoms with Crippen molar-refractivity contribution >= 4 is 10.0 Å². The molecule has 2 aromatic heterocycles. The maximum atomic E-state index is 12.9. The van der Waals surface area contributed by atoms with Gasteiger partial charge in [-0.15, -0.1) is 0 Å². The molecule has 1 aliphatic heterocycles. The van der Waals surface area contributed by atoms with Crippen LogP contribution in [0.5, 0.6) is 0 Å². The molecule has 1 aliphatic rings. The van der Waals surface area contributed by atoms with E-state index in [2.05, 4.69) is 15.1 Å². The molecule has 8 heteroatoms. The Balaban J connectivity index is 1.54. The van der Waals surface area contributed by atoms with Crippen LogP contribution in [0.1, 0.15) is 18.7 Å². The number of benzene rings is 1. The SMILES string of the molecule is O=S(=O)(c1cccnc1)N1CCC[C@@H]1Cc1noc(-c2ccccc2)n1. The normalized spacial score (nSPS) is 18.2. The highest BCUT2D eigenvalue weighted by atomic mass is 32.2. The molecule has 0 bridgehead atoms. The molecule has 26 heavy (non-hydrogen) atoms. The molecular formula is C18H18N4O3S. The van der Waals surface area contributed by atoms with Gasteiger partial charge in [-0.3, -0.25) is 4.98 Å². The Bertz CT molecular complexity index is 974. The average molecular weight is 370 g/mol. The van der Waals surface area contributed by atoms with Crippen molar-refractivity contribution in [1.29, 1.82) is 0 Å². The number of sulfonamides is 1. The molecule has 1 saturated heterocycles. The molecule has 4 rings (SSSR count). The van der Waals surface area contributed by atoms with Gasteiger partial charge in [0.2, 0.25) is 10.0 Å². The predicted molar refractivity (Wildman–Crippen MR) is 94.6 cm³/mol. The largest absolute Gasteiger partial charge is 0.334 e. The van der Waals surface area contributed by atoms with E-state index in [0.717, 1.165) is 18.4 Å². The lowest BCUT2D eigenvalue weighted by Crippen LogP contribution is -2.37. The van der Waals surface area contributed by atoms with Gasteiger partial charge in [0.25, 0.3) is 5.89 Å². The Labute approximate surface area is 151 Å². The Morgan fingerprint density at radius 3 is 2.77 bits per heavy atom. The van der Waals surface area contributed by atoms with Crippen LogP contribution in [0, 0.1) is 0 Å². The van der Waals surface area contributed by atoms with Gasteiger partial charge in [0.15, 0.2) is 5.82 Å². The number of nitrogens with zero attached hydrogens (tertiary/aromatic N) is 4. The van der Waals surface area contributed by atoms with Crippen molar-refractivity contribution in [3.05, 3.63) is 60.7 Å². The van der Waals surface area contributed by atoms with Gasteiger partial charge < -0.3 is 4.52 Å². The minimum absolute atomic E-state index is 0.179. The number of hydrogen-bond donors (Lipinski definition) is 0. The molecule has 0 unspecified atom stereocenters. The molecule has 0 N–H and O–H groups in total. The van der Waals surface area contributed by atoms with Crippen LogP contribution in [0.15, 0.2) is 64.3 Å².